The van der Waals surface area contributed by atoms with E-state index in [9.17, 15) is 10.2 Å². The number of benzene rings is 1. The summed E-state index contributed by atoms with van der Waals surface area (Å²) in [6.07, 6.45) is 0.921. The molecule has 0 radical (unpaired) electrons. The number of hydrogen-bond donors (Lipinski definition) is 3. The van der Waals surface area contributed by atoms with Crippen molar-refractivity contribution in [3.63, 3.8) is 0 Å². The van der Waals surface area contributed by atoms with Crippen molar-refractivity contribution in [3.05, 3.63) is 35.9 Å². The van der Waals surface area contributed by atoms with E-state index in [1.54, 1.807) is 0 Å². The summed E-state index contributed by atoms with van der Waals surface area (Å²) in [5.41, 5.74) is 0.243. The highest BCUT2D eigenvalue weighted by Crippen LogP contribution is 2.14. The first kappa shape index (κ1) is 14.2. The van der Waals surface area contributed by atoms with Crippen LogP contribution in [0.2, 0.25) is 0 Å². The van der Waals surface area contributed by atoms with Gasteiger partial charge in [0.1, 0.15) is 0 Å². The van der Waals surface area contributed by atoms with Crippen molar-refractivity contribution in [1.82, 2.24) is 5.32 Å². The molecule has 0 bridgehead atoms. The third kappa shape index (κ3) is 4.46. The van der Waals surface area contributed by atoms with Crippen LogP contribution in [-0.4, -0.2) is 28.9 Å². The van der Waals surface area contributed by atoms with E-state index in [0.717, 1.165) is 18.4 Å². The van der Waals surface area contributed by atoms with Crippen LogP contribution < -0.4 is 5.32 Å². The maximum atomic E-state index is 10.1. The molecule has 1 rings (SSSR count). The molecule has 0 saturated carbocycles. The third-order valence-electron chi connectivity index (χ3n) is 3.29. The van der Waals surface area contributed by atoms with Gasteiger partial charge in [-0.05, 0) is 18.4 Å². The smallest absolute Gasteiger partial charge is 0.0914 e. The number of rotatable bonds is 7. The second-order valence-corrected chi connectivity index (χ2v) is 4.49. The molecule has 0 aliphatic heterocycles. The average molecular weight is 237 g/mol. The van der Waals surface area contributed by atoms with Gasteiger partial charge in [0.05, 0.1) is 11.7 Å². The molecule has 1 aromatic carbocycles. The van der Waals surface area contributed by atoms with Crippen molar-refractivity contribution in [3.8, 4) is 0 Å². The van der Waals surface area contributed by atoms with Crippen molar-refractivity contribution in [1.29, 1.82) is 0 Å². The predicted molar refractivity (Wildman–Crippen MR) is 69.8 cm³/mol. The molecule has 0 amide bonds. The first-order valence-electron chi connectivity index (χ1n) is 6.27. The number of aliphatic hydroxyl groups is 2. The molecule has 1 atom stereocenters. The molecule has 17 heavy (non-hydrogen) atoms. The zero-order valence-electron chi connectivity index (χ0n) is 10.7. The molecule has 0 aliphatic carbocycles. The molecule has 3 nitrogen and oxygen atoms in total. The van der Waals surface area contributed by atoms with Gasteiger partial charge in [-0.2, -0.15) is 0 Å². The van der Waals surface area contributed by atoms with Crippen LogP contribution in [-0.2, 0) is 0 Å². The fraction of sp³-hybridized carbons (Fsp3) is 0.571. The van der Waals surface area contributed by atoms with Gasteiger partial charge in [-0.15, -0.1) is 0 Å². The summed E-state index contributed by atoms with van der Waals surface area (Å²) < 4.78 is 0. The van der Waals surface area contributed by atoms with E-state index < -0.39 is 11.7 Å². The molecule has 0 heterocycles. The van der Waals surface area contributed by atoms with E-state index in [2.05, 4.69) is 5.32 Å². The minimum atomic E-state index is -0.656. The largest absolute Gasteiger partial charge is 0.389 e. The van der Waals surface area contributed by atoms with Crippen LogP contribution in [0.5, 0.6) is 0 Å². The summed E-state index contributed by atoms with van der Waals surface area (Å²) in [5, 5.41) is 23.1. The van der Waals surface area contributed by atoms with Crippen molar-refractivity contribution in [2.24, 2.45) is 0 Å². The normalized spacial score (nSPS) is 13.6. The van der Waals surface area contributed by atoms with Gasteiger partial charge in [0.15, 0.2) is 0 Å². The molecule has 0 fully saturated rings. The molecule has 1 unspecified atom stereocenters. The summed E-state index contributed by atoms with van der Waals surface area (Å²) in [7, 11) is 0. The van der Waals surface area contributed by atoms with Crippen molar-refractivity contribution in [2.45, 2.75) is 38.4 Å². The molecule has 0 saturated heterocycles. The Kier molecular flexibility index (Phi) is 5.62. The van der Waals surface area contributed by atoms with Crippen molar-refractivity contribution in [2.75, 3.05) is 13.1 Å². The van der Waals surface area contributed by atoms with E-state index in [1.807, 2.05) is 44.2 Å². The average Bonchev–Trinajstić information content (AvgIpc) is 2.39. The number of hydrogen-bond acceptors (Lipinski definition) is 3. The van der Waals surface area contributed by atoms with Gasteiger partial charge in [-0.25, -0.2) is 0 Å². The summed E-state index contributed by atoms with van der Waals surface area (Å²) >= 11 is 0. The second-order valence-electron chi connectivity index (χ2n) is 4.49. The van der Waals surface area contributed by atoms with Gasteiger partial charge in [0.2, 0.25) is 0 Å². The quantitative estimate of drug-likeness (QED) is 0.678. The second kappa shape index (κ2) is 6.74. The zero-order chi connectivity index (χ0) is 12.7. The lowest BCUT2D eigenvalue weighted by Crippen LogP contribution is -2.40. The molecule has 0 spiro atoms. The lowest BCUT2D eigenvalue weighted by molar-refractivity contribution is 0.0293. The van der Waals surface area contributed by atoms with E-state index in [1.165, 1.54) is 0 Å². The Hall–Kier alpha value is -0.900. The summed E-state index contributed by atoms with van der Waals surface area (Å²) in [5.74, 6) is 0. The van der Waals surface area contributed by atoms with Crippen molar-refractivity contribution < 1.29 is 10.2 Å². The molecule has 0 aliphatic rings. The van der Waals surface area contributed by atoms with Crippen LogP contribution in [0.4, 0.5) is 0 Å². The minimum Gasteiger partial charge on any atom is -0.389 e. The molecule has 0 aromatic heterocycles. The van der Waals surface area contributed by atoms with E-state index >= 15 is 0 Å². The number of aliphatic hydroxyl groups excluding tert-OH is 1. The lowest BCUT2D eigenvalue weighted by Gasteiger charge is -2.26. The Morgan fingerprint density at radius 2 is 1.76 bits per heavy atom. The van der Waals surface area contributed by atoms with Gasteiger partial charge in [0.25, 0.3) is 0 Å². The Labute approximate surface area is 103 Å². The van der Waals surface area contributed by atoms with Gasteiger partial charge in [0, 0.05) is 13.1 Å². The molecule has 96 valence electrons. The Morgan fingerprint density at radius 3 is 2.29 bits per heavy atom. The van der Waals surface area contributed by atoms with Gasteiger partial charge < -0.3 is 15.5 Å². The van der Waals surface area contributed by atoms with Crippen molar-refractivity contribution >= 4 is 0 Å². The Bertz CT molecular complexity index is 309. The van der Waals surface area contributed by atoms with Crippen LogP contribution >= 0.6 is 0 Å². The Morgan fingerprint density at radius 1 is 1.18 bits per heavy atom. The third-order valence-corrected chi connectivity index (χ3v) is 3.29. The van der Waals surface area contributed by atoms with Crippen LogP contribution in [0.15, 0.2) is 30.3 Å². The van der Waals surface area contributed by atoms with Gasteiger partial charge >= 0.3 is 0 Å². The maximum Gasteiger partial charge on any atom is 0.0914 e. The fourth-order valence-electron chi connectivity index (χ4n) is 1.73. The lowest BCUT2D eigenvalue weighted by atomic mass is 9.97. The highest BCUT2D eigenvalue weighted by Gasteiger charge is 2.21. The highest BCUT2D eigenvalue weighted by atomic mass is 16.3. The molecular weight excluding hydrogens is 214 g/mol. The summed E-state index contributed by atoms with van der Waals surface area (Å²) in [6.45, 7) is 4.92. The van der Waals surface area contributed by atoms with E-state index in [0.29, 0.717) is 13.1 Å². The van der Waals surface area contributed by atoms with Gasteiger partial charge in [-0.1, -0.05) is 44.2 Å². The van der Waals surface area contributed by atoms with Crippen LogP contribution in [0.3, 0.4) is 0 Å². The molecule has 3 heteroatoms. The van der Waals surface area contributed by atoms with E-state index in [4.69, 9.17) is 0 Å². The molecule has 1 aromatic rings. The zero-order valence-corrected chi connectivity index (χ0v) is 10.7. The monoisotopic (exact) mass is 237 g/mol. The maximum absolute atomic E-state index is 10.1. The Balaban J connectivity index is 2.37. The minimum absolute atomic E-state index is 0.465. The first-order chi connectivity index (χ1) is 8.11. The SMILES string of the molecule is CCC(O)(CC)CNCC(O)c1ccccc1. The highest BCUT2D eigenvalue weighted by molar-refractivity contribution is 5.17. The number of nitrogens with one attached hydrogen (secondary N) is 1. The topological polar surface area (TPSA) is 52.5 Å². The van der Waals surface area contributed by atoms with E-state index in [-0.39, 0.29) is 0 Å². The summed E-state index contributed by atoms with van der Waals surface area (Å²) in [4.78, 5) is 0. The molecule has 3 N–H and O–H groups in total. The van der Waals surface area contributed by atoms with Crippen LogP contribution in [0.25, 0.3) is 0 Å². The van der Waals surface area contributed by atoms with Crippen LogP contribution in [0, 0.1) is 0 Å². The molecular formula is C14H23NO2. The summed E-state index contributed by atoms with van der Waals surface area (Å²) in [6, 6.07) is 9.55. The predicted octanol–water partition coefficient (Wildman–Crippen LogP) is 1.86. The standard InChI is InChI=1S/C14H23NO2/c1-3-14(17,4-2)11-15-10-13(16)12-8-6-5-7-9-12/h5-9,13,15-17H,3-4,10-11H2,1-2H3. The first-order valence-corrected chi connectivity index (χ1v) is 6.27. The van der Waals surface area contributed by atoms with Gasteiger partial charge in [-0.3, -0.25) is 0 Å². The van der Waals surface area contributed by atoms with Crippen LogP contribution in [0.1, 0.15) is 38.4 Å². The fourth-order valence-corrected chi connectivity index (χ4v) is 1.73.